The van der Waals surface area contributed by atoms with Crippen LogP contribution in [-0.4, -0.2) is 58.2 Å². The molecule has 3 aliphatic rings. The number of carbonyl (C=O) groups is 2. The van der Waals surface area contributed by atoms with Crippen LogP contribution in [0.1, 0.15) is 56.0 Å². The Balaban J connectivity index is 1.41. The molecule has 0 saturated carbocycles. The van der Waals surface area contributed by atoms with Crippen molar-refractivity contribution in [3.63, 3.8) is 0 Å². The Hall–Kier alpha value is -2.48. The van der Waals surface area contributed by atoms with Gasteiger partial charge in [-0.2, -0.15) is 0 Å². The molecule has 5 heterocycles. The predicted molar refractivity (Wildman–Crippen MR) is 104 cm³/mol. The minimum absolute atomic E-state index is 0.0599. The average Bonchev–Trinajstić information content (AvgIpc) is 3.45. The van der Waals surface area contributed by atoms with Gasteiger partial charge in [0.05, 0.1) is 10.8 Å². The van der Waals surface area contributed by atoms with Crippen LogP contribution in [0.2, 0.25) is 0 Å². The summed E-state index contributed by atoms with van der Waals surface area (Å²) in [5.41, 5.74) is -0.105. The lowest BCUT2D eigenvalue weighted by molar-refractivity contribution is -0.134. The average molecular weight is 398 g/mol. The molecule has 29 heavy (non-hydrogen) atoms. The quantitative estimate of drug-likeness (QED) is 0.849. The van der Waals surface area contributed by atoms with Gasteiger partial charge >= 0.3 is 0 Å². The molecule has 0 aromatic carbocycles. The summed E-state index contributed by atoms with van der Waals surface area (Å²) in [6.07, 6.45) is 6.51. The third kappa shape index (κ3) is 2.84. The number of nitrogens with zero attached hydrogens (tertiary/aromatic N) is 3. The molecule has 2 bridgehead atoms. The van der Waals surface area contributed by atoms with Crippen molar-refractivity contribution in [2.45, 2.75) is 63.6 Å². The Morgan fingerprint density at radius 2 is 2.10 bits per heavy atom. The lowest BCUT2D eigenvalue weighted by atomic mass is 9.71. The first kappa shape index (κ1) is 18.5. The molecule has 3 saturated heterocycles. The number of hydrogen-bond donors (Lipinski definition) is 1. The first-order valence-corrected chi connectivity index (χ1v) is 10.6. The molecule has 0 unspecified atom stereocenters. The van der Waals surface area contributed by atoms with Crippen molar-refractivity contribution in [2.24, 2.45) is 5.41 Å². The summed E-state index contributed by atoms with van der Waals surface area (Å²) in [7, 11) is 0. The molecule has 2 amide bonds. The van der Waals surface area contributed by atoms with E-state index in [4.69, 9.17) is 9.26 Å². The summed E-state index contributed by atoms with van der Waals surface area (Å²) in [4.78, 5) is 32.8. The number of ether oxygens (including phenoxy) is 1. The maximum atomic E-state index is 13.4. The number of hydrogen-bond acceptors (Lipinski definition) is 6. The highest BCUT2D eigenvalue weighted by Gasteiger charge is 2.60. The fourth-order valence-corrected chi connectivity index (χ4v) is 5.50. The fourth-order valence-electron chi connectivity index (χ4n) is 5.50. The predicted octanol–water partition coefficient (Wildman–Crippen LogP) is 2.29. The molecule has 0 spiro atoms. The van der Waals surface area contributed by atoms with Gasteiger partial charge in [-0.1, -0.05) is 12.1 Å². The summed E-state index contributed by atoms with van der Waals surface area (Å²) >= 11 is 0. The third-order valence-electron chi connectivity index (χ3n) is 7.06. The highest BCUT2D eigenvalue weighted by Crippen LogP contribution is 2.52. The Morgan fingerprint density at radius 3 is 2.90 bits per heavy atom. The molecule has 1 N–H and O–H groups in total. The van der Waals surface area contributed by atoms with E-state index in [9.17, 15) is 9.59 Å². The molecule has 3 atom stereocenters. The van der Waals surface area contributed by atoms with E-state index in [0.29, 0.717) is 37.1 Å². The zero-order valence-corrected chi connectivity index (χ0v) is 16.6. The second kappa shape index (κ2) is 7.09. The molecule has 0 aliphatic carbocycles. The van der Waals surface area contributed by atoms with Crippen LogP contribution in [0, 0.1) is 5.41 Å². The monoisotopic (exact) mass is 398 g/mol. The Morgan fingerprint density at radius 1 is 1.28 bits per heavy atom. The number of amides is 2. The molecule has 3 fully saturated rings. The minimum atomic E-state index is -0.537. The van der Waals surface area contributed by atoms with Crippen molar-refractivity contribution < 1.29 is 18.8 Å². The van der Waals surface area contributed by atoms with Gasteiger partial charge in [0, 0.05) is 37.5 Å². The van der Waals surface area contributed by atoms with Crippen LogP contribution in [0.3, 0.4) is 0 Å². The zero-order valence-electron chi connectivity index (χ0n) is 16.6. The summed E-state index contributed by atoms with van der Waals surface area (Å²) in [6, 6.07) is 3.68. The first-order chi connectivity index (χ1) is 14.1. The van der Waals surface area contributed by atoms with Gasteiger partial charge in [-0.25, -0.2) is 4.98 Å². The van der Waals surface area contributed by atoms with E-state index in [-0.39, 0.29) is 35.7 Å². The van der Waals surface area contributed by atoms with Crippen LogP contribution >= 0.6 is 0 Å². The number of aromatic nitrogens is 2. The molecule has 154 valence electrons. The van der Waals surface area contributed by atoms with Crippen molar-refractivity contribution in [2.75, 3.05) is 13.2 Å². The first-order valence-electron chi connectivity index (χ1n) is 10.6. The maximum Gasteiger partial charge on any atom is 0.293 e. The largest absolute Gasteiger partial charge is 0.381 e. The van der Waals surface area contributed by atoms with Gasteiger partial charge in [-0.15, -0.1) is 0 Å². The summed E-state index contributed by atoms with van der Waals surface area (Å²) in [6.45, 7) is 3.43. The summed E-state index contributed by atoms with van der Waals surface area (Å²) < 4.78 is 10.8. The number of fused-ring (bicyclic) bond motifs is 3. The van der Waals surface area contributed by atoms with Crippen LogP contribution in [0.25, 0.3) is 11.0 Å². The topological polar surface area (TPSA) is 97.6 Å². The number of nitrogens with one attached hydrogen (secondary N) is 1. The Bertz CT molecular complexity index is 938. The SMILES string of the molecule is CC[C@]1(C(=O)NC2CCOCC2)C[C@H]2CC[C@@H]1N2C(=O)c1onc2ncccc12. The standard InChI is InChI=1S/C21H26N4O4/c1-2-21(20(27)23-13-7-10-28-11-8-13)12-14-5-6-16(21)25(14)19(26)17-15-4-3-9-22-18(15)24-29-17/h3-4,9,13-14,16H,2,5-8,10-12H2,1H3,(H,23,27)/t14-,16+,21+/m1/s1. The van der Waals surface area contributed by atoms with Gasteiger partial charge < -0.3 is 19.5 Å². The van der Waals surface area contributed by atoms with Crippen molar-refractivity contribution in [3.05, 3.63) is 24.1 Å². The van der Waals surface area contributed by atoms with Gasteiger partial charge in [0.25, 0.3) is 5.91 Å². The van der Waals surface area contributed by atoms with Crippen molar-refractivity contribution >= 4 is 22.8 Å². The van der Waals surface area contributed by atoms with Crippen LogP contribution in [0.4, 0.5) is 0 Å². The van der Waals surface area contributed by atoms with E-state index < -0.39 is 5.41 Å². The second-order valence-corrected chi connectivity index (χ2v) is 8.42. The molecule has 5 rings (SSSR count). The van der Waals surface area contributed by atoms with E-state index >= 15 is 0 Å². The van der Waals surface area contributed by atoms with Gasteiger partial charge in [-0.05, 0) is 50.7 Å². The molecule has 3 aliphatic heterocycles. The third-order valence-corrected chi connectivity index (χ3v) is 7.06. The lowest BCUT2D eigenvalue weighted by Gasteiger charge is -2.37. The van der Waals surface area contributed by atoms with Crippen molar-refractivity contribution in [3.8, 4) is 0 Å². The van der Waals surface area contributed by atoms with Gasteiger partial charge in [0.15, 0.2) is 0 Å². The highest BCUT2D eigenvalue weighted by molar-refractivity contribution is 6.03. The van der Waals surface area contributed by atoms with Crippen LogP contribution < -0.4 is 5.32 Å². The Labute approximate surface area is 169 Å². The van der Waals surface area contributed by atoms with E-state index in [1.165, 1.54) is 0 Å². The summed E-state index contributed by atoms with van der Waals surface area (Å²) in [5, 5.41) is 7.81. The van der Waals surface area contributed by atoms with Gasteiger partial charge in [0.1, 0.15) is 0 Å². The molecular formula is C21H26N4O4. The van der Waals surface area contributed by atoms with E-state index in [2.05, 4.69) is 22.4 Å². The number of pyridine rings is 1. The van der Waals surface area contributed by atoms with E-state index in [1.54, 1.807) is 18.3 Å². The summed E-state index contributed by atoms with van der Waals surface area (Å²) in [5.74, 6) is 0.130. The van der Waals surface area contributed by atoms with Crippen LogP contribution in [0.15, 0.2) is 22.9 Å². The normalized spacial score (nSPS) is 29.5. The number of carbonyl (C=O) groups excluding carboxylic acids is 2. The smallest absolute Gasteiger partial charge is 0.293 e. The molecule has 2 aromatic rings. The molecule has 0 radical (unpaired) electrons. The maximum absolute atomic E-state index is 13.4. The van der Waals surface area contributed by atoms with E-state index in [1.807, 2.05) is 4.90 Å². The highest BCUT2D eigenvalue weighted by atomic mass is 16.5. The van der Waals surface area contributed by atoms with Crippen LogP contribution in [-0.2, 0) is 9.53 Å². The molecular weight excluding hydrogens is 372 g/mol. The molecule has 2 aromatic heterocycles. The van der Waals surface area contributed by atoms with Gasteiger partial charge in [0.2, 0.25) is 17.3 Å². The number of rotatable bonds is 4. The van der Waals surface area contributed by atoms with Gasteiger partial charge in [-0.3, -0.25) is 9.59 Å². The zero-order chi connectivity index (χ0) is 20.0. The second-order valence-electron chi connectivity index (χ2n) is 8.42. The van der Waals surface area contributed by atoms with Crippen molar-refractivity contribution in [1.29, 1.82) is 0 Å². The molecule has 8 nitrogen and oxygen atoms in total. The molecule has 8 heteroatoms. The lowest BCUT2D eigenvalue weighted by Crippen LogP contribution is -2.52. The fraction of sp³-hybridized carbons (Fsp3) is 0.619. The van der Waals surface area contributed by atoms with E-state index in [0.717, 1.165) is 25.7 Å². The minimum Gasteiger partial charge on any atom is -0.381 e. The Kier molecular flexibility index (Phi) is 4.53. The van der Waals surface area contributed by atoms with Crippen LogP contribution in [0.5, 0.6) is 0 Å². The van der Waals surface area contributed by atoms with Crippen molar-refractivity contribution in [1.82, 2.24) is 20.4 Å².